The molecule has 6 heteroatoms. The fourth-order valence-corrected chi connectivity index (χ4v) is 1.89. The molecular formula is C15H15FN2O3. The number of aromatic carboxylic acids is 1. The number of nitrogens with one attached hydrogen (secondary N) is 1. The molecule has 1 atom stereocenters. The first-order chi connectivity index (χ1) is 10.0. The fraction of sp³-hybridized carbons (Fsp3) is 0.200. The Morgan fingerprint density at radius 2 is 2.00 bits per heavy atom. The molecule has 1 heterocycles. The quantitative estimate of drug-likeness (QED) is 0.885. The molecule has 2 N–H and O–H groups in total. The molecule has 0 spiro atoms. The van der Waals surface area contributed by atoms with Gasteiger partial charge in [-0.2, -0.15) is 0 Å². The lowest BCUT2D eigenvalue weighted by atomic mass is 10.1. The van der Waals surface area contributed by atoms with Gasteiger partial charge in [0.15, 0.2) is 11.6 Å². The maximum absolute atomic E-state index is 14.0. The summed E-state index contributed by atoms with van der Waals surface area (Å²) in [5.74, 6) is -1.55. The van der Waals surface area contributed by atoms with Crippen LogP contribution in [0.1, 0.15) is 28.9 Å². The highest BCUT2D eigenvalue weighted by Gasteiger charge is 2.16. The average Bonchev–Trinajstić information content (AvgIpc) is 2.49. The molecule has 0 fully saturated rings. The maximum atomic E-state index is 14.0. The lowest BCUT2D eigenvalue weighted by molar-refractivity contribution is 0.0692. The van der Waals surface area contributed by atoms with Crippen LogP contribution in [0.15, 0.2) is 36.5 Å². The van der Waals surface area contributed by atoms with Crippen LogP contribution in [0.2, 0.25) is 0 Å². The molecule has 0 amide bonds. The monoisotopic (exact) mass is 290 g/mol. The van der Waals surface area contributed by atoms with Gasteiger partial charge in [0, 0.05) is 6.20 Å². The van der Waals surface area contributed by atoms with Crippen LogP contribution in [0.25, 0.3) is 0 Å². The second-order valence-electron chi connectivity index (χ2n) is 4.47. The molecule has 0 aliphatic heterocycles. The number of halogens is 1. The summed E-state index contributed by atoms with van der Waals surface area (Å²) >= 11 is 0. The van der Waals surface area contributed by atoms with E-state index in [0.717, 1.165) is 17.4 Å². The molecule has 0 aliphatic carbocycles. The van der Waals surface area contributed by atoms with Gasteiger partial charge in [-0.15, -0.1) is 0 Å². The summed E-state index contributed by atoms with van der Waals surface area (Å²) in [5, 5.41) is 11.8. The largest absolute Gasteiger partial charge is 0.497 e. The van der Waals surface area contributed by atoms with Crippen LogP contribution in [0.5, 0.6) is 5.75 Å². The number of pyridine rings is 1. The van der Waals surface area contributed by atoms with E-state index < -0.39 is 17.3 Å². The average molecular weight is 290 g/mol. The smallest absolute Gasteiger partial charge is 0.338 e. The molecule has 2 aromatic rings. The van der Waals surface area contributed by atoms with Crippen molar-refractivity contribution in [2.75, 3.05) is 12.4 Å². The van der Waals surface area contributed by atoms with Crippen molar-refractivity contribution in [3.63, 3.8) is 0 Å². The van der Waals surface area contributed by atoms with Crippen LogP contribution in [0.4, 0.5) is 10.2 Å². The molecule has 0 aliphatic rings. The second-order valence-corrected chi connectivity index (χ2v) is 4.47. The summed E-state index contributed by atoms with van der Waals surface area (Å²) in [7, 11) is 1.58. The molecule has 0 saturated carbocycles. The van der Waals surface area contributed by atoms with Gasteiger partial charge in [-0.05, 0) is 30.7 Å². The van der Waals surface area contributed by atoms with E-state index in [1.165, 1.54) is 6.20 Å². The van der Waals surface area contributed by atoms with E-state index in [-0.39, 0.29) is 11.9 Å². The predicted octanol–water partition coefficient (Wildman–Crippen LogP) is 3.10. The summed E-state index contributed by atoms with van der Waals surface area (Å²) < 4.78 is 19.1. The predicted molar refractivity (Wildman–Crippen MR) is 76.2 cm³/mol. The summed E-state index contributed by atoms with van der Waals surface area (Å²) in [6, 6.07) is 8.17. The van der Waals surface area contributed by atoms with Crippen LogP contribution in [-0.4, -0.2) is 23.2 Å². The Balaban J connectivity index is 2.20. The number of aromatic nitrogens is 1. The van der Waals surface area contributed by atoms with Crippen molar-refractivity contribution in [2.24, 2.45) is 0 Å². The van der Waals surface area contributed by atoms with Gasteiger partial charge in [0.1, 0.15) is 11.3 Å². The third-order valence-corrected chi connectivity index (χ3v) is 3.09. The molecule has 2 rings (SSSR count). The third-order valence-electron chi connectivity index (χ3n) is 3.09. The molecule has 0 bridgehead atoms. The molecule has 0 radical (unpaired) electrons. The van der Waals surface area contributed by atoms with E-state index in [4.69, 9.17) is 9.84 Å². The Morgan fingerprint density at radius 1 is 1.33 bits per heavy atom. The number of carboxylic acids is 1. The van der Waals surface area contributed by atoms with Crippen molar-refractivity contribution >= 4 is 11.8 Å². The highest BCUT2D eigenvalue weighted by atomic mass is 19.1. The van der Waals surface area contributed by atoms with Gasteiger partial charge in [0.2, 0.25) is 0 Å². The Morgan fingerprint density at radius 3 is 2.57 bits per heavy atom. The van der Waals surface area contributed by atoms with E-state index in [9.17, 15) is 9.18 Å². The first-order valence-electron chi connectivity index (χ1n) is 6.31. The lowest BCUT2D eigenvalue weighted by Gasteiger charge is -2.16. The van der Waals surface area contributed by atoms with Crippen LogP contribution < -0.4 is 10.1 Å². The number of methoxy groups -OCH3 is 1. The minimum atomic E-state index is -1.32. The van der Waals surface area contributed by atoms with Crippen molar-refractivity contribution in [1.82, 2.24) is 4.98 Å². The van der Waals surface area contributed by atoms with Gasteiger partial charge in [-0.3, -0.25) is 0 Å². The lowest BCUT2D eigenvalue weighted by Crippen LogP contribution is -2.12. The number of benzene rings is 1. The van der Waals surface area contributed by atoms with Crippen molar-refractivity contribution in [3.05, 3.63) is 53.5 Å². The zero-order chi connectivity index (χ0) is 15.4. The van der Waals surface area contributed by atoms with E-state index >= 15 is 0 Å². The van der Waals surface area contributed by atoms with Crippen LogP contribution >= 0.6 is 0 Å². The number of anilines is 1. The summed E-state index contributed by atoms with van der Waals surface area (Å²) in [6.07, 6.45) is 1.26. The number of carboxylic acid groups (broad SMARTS) is 1. The normalized spacial score (nSPS) is 11.8. The zero-order valence-corrected chi connectivity index (χ0v) is 11.6. The summed E-state index contributed by atoms with van der Waals surface area (Å²) in [4.78, 5) is 14.7. The zero-order valence-electron chi connectivity index (χ0n) is 11.6. The van der Waals surface area contributed by atoms with Crippen molar-refractivity contribution in [1.29, 1.82) is 0 Å². The van der Waals surface area contributed by atoms with Crippen molar-refractivity contribution in [2.45, 2.75) is 13.0 Å². The topological polar surface area (TPSA) is 71.5 Å². The van der Waals surface area contributed by atoms with Gasteiger partial charge in [-0.25, -0.2) is 14.2 Å². The standard InChI is InChI=1S/C15H15FN2O3/c1-9(10-3-5-11(21-2)6-4-10)18-14-13(16)12(15(19)20)7-8-17-14/h3-9H,1-2H3,(H,17,18)(H,19,20). The first-order valence-corrected chi connectivity index (χ1v) is 6.31. The van der Waals surface area contributed by atoms with Crippen LogP contribution in [0, 0.1) is 5.82 Å². The maximum Gasteiger partial charge on any atom is 0.338 e. The highest BCUT2D eigenvalue weighted by Crippen LogP contribution is 2.23. The molecule has 110 valence electrons. The molecule has 1 aromatic heterocycles. The Kier molecular flexibility index (Phi) is 4.37. The fourth-order valence-electron chi connectivity index (χ4n) is 1.89. The highest BCUT2D eigenvalue weighted by molar-refractivity contribution is 5.88. The molecule has 1 aromatic carbocycles. The molecular weight excluding hydrogens is 275 g/mol. The molecule has 21 heavy (non-hydrogen) atoms. The first kappa shape index (κ1) is 14.8. The third kappa shape index (κ3) is 3.28. The Hall–Kier alpha value is -2.63. The van der Waals surface area contributed by atoms with Gasteiger partial charge in [0.25, 0.3) is 0 Å². The number of ether oxygens (including phenoxy) is 1. The van der Waals surface area contributed by atoms with Crippen LogP contribution in [0.3, 0.4) is 0 Å². The second kappa shape index (κ2) is 6.21. The van der Waals surface area contributed by atoms with E-state index in [1.807, 2.05) is 19.1 Å². The van der Waals surface area contributed by atoms with Gasteiger partial charge < -0.3 is 15.2 Å². The number of carbonyl (C=O) groups is 1. The van der Waals surface area contributed by atoms with Crippen molar-refractivity contribution < 1.29 is 19.0 Å². The molecule has 1 unspecified atom stereocenters. The number of hydrogen-bond donors (Lipinski definition) is 2. The molecule has 0 saturated heterocycles. The van der Waals surface area contributed by atoms with E-state index in [1.54, 1.807) is 19.2 Å². The van der Waals surface area contributed by atoms with Crippen LogP contribution in [-0.2, 0) is 0 Å². The van der Waals surface area contributed by atoms with E-state index in [0.29, 0.717) is 0 Å². The molecule has 5 nitrogen and oxygen atoms in total. The number of rotatable bonds is 5. The number of hydrogen-bond acceptors (Lipinski definition) is 4. The van der Waals surface area contributed by atoms with E-state index in [2.05, 4.69) is 10.3 Å². The number of nitrogens with zero attached hydrogens (tertiary/aromatic N) is 1. The van der Waals surface area contributed by atoms with Gasteiger partial charge >= 0.3 is 5.97 Å². The SMILES string of the molecule is COc1ccc(C(C)Nc2nccc(C(=O)O)c2F)cc1. The minimum absolute atomic E-state index is 0.0850. The van der Waals surface area contributed by atoms with Gasteiger partial charge in [-0.1, -0.05) is 12.1 Å². The Labute approximate surface area is 121 Å². The van der Waals surface area contributed by atoms with Crippen molar-refractivity contribution in [3.8, 4) is 5.75 Å². The summed E-state index contributed by atoms with van der Waals surface area (Å²) in [6.45, 7) is 1.83. The summed E-state index contributed by atoms with van der Waals surface area (Å²) in [5.41, 5.74) is 0.493. The minimum Gasteiger partial charge on any atom is -0.497 e. The van der Waals surface area contributed by atoms with Gasteiger partial charge in [0.05, 0.1) is 13.2 Å². The Bertz CT molecular complexity index is 644.